The van der Waals surface area contributed by atoms with Crippen LogP contribution < -0.4 is 4.90 Å². The molecule has 0 unspecified atom stereocenters. The molecule has 2 aromatic carbocycles. The van der Waals surface area contributed by atoms with Crippen LogP contribution in [0.1, 0.15) is 68.6 Å². The normalized spacial score (nSPS) is 15.5. The number of phenols is 1. The van der Waals surface area contributed by atoms with Crippen LogP contribution >= 0.6 is 0 Å². The molecule has 0 aromatic heterocycles. The van der Waals surface area contributed by atoms with Crippen LogP contribution in [-0.2, 0) is 15.6 Å². The van der Waals surface area contributed by atoms with E-state index in [4.69, 9.17) is 4.74 Å². The van der Waals surface area contributed by atoms with E-state index in [-0.39, 0.29) is 16.6 Å². The summed E-state index contributed by atoms with van der Waals surface area (Å²) >= 11 is 0. The number of phenolic OH excluding ortho intramolecular Hbond substituents is 1. The smallest absolute Gasteiger partial charge is 0.185 e. The maximum absolute atomic E-state index is 12.8. The number of ketones is 1. The van der Waals surface area contributed by atoms with Gasteiger partial charge in [-0.15, -0.1) is 0 Å². The minimum Gasteiger partial charge on any atom is -0.507 e. The number of hydrogen-bond donors (Lipinski definition) is 1. The summed E-state index contributed by atoms with van der Waals surface area (Å²) in [4.78, 5) is 15.0. The molecule has 1 saturated heterocycles. The fourth-order valence-electron chi connectivity index (χ4n) is 3.82. The molecule has 1 N–H and O–H groups in total. The largest absolute Gasteiger partial charge is 0.507 e. The lowest BCUT2D eigenvalue weighted by atomic mass is 9.78. The zero-order valence-corrected chi connectivity index (χ0v) is 19.7. The van der Waals surface area contributed by atoms with Gasteiger partial charge in [-0.1, -0.05) is 47.6 Å². The quantitative estimate of drug-likeness (QED) is 0.507. The zero-order valence-electron chi connectivity index (χ0n) is 19.7. The van der Waals surface area contributed by atoms with Gasteiger partial charge in [0.1, 0.15) is 5.75 Å². The topological polar surface area (TPSA) is 49.8 Å². The first-order valence-corrected chi connectivity index (χ1v) is 11.0. The summed E-state index contributed by atoms with van der Waals surface area (Å²) in [6.07, 6.45) is 3.47. The fraction of sp³-hybridized carbons (Fsp3) is 0.444. The third-order valence-corrected chi connectivity index (χ3v) is 5.70. The summed E-state index contributed by atoms with van der Waals surface area (Å²) in [6.45, 7) is 15.7. The number of allylic oxidation sites excluding steroid dienone is 1. The highest BCUT2D eigenvalue weighted by Gasteiger charge is 2.26. The summed E-state index contributed by atoms with van der Waals surface area (Å²) in [5, 5.41) is 10.9. The summed E-state index contributed by atoms with van der Waals surface area (Å²) in [5.41, 5.74) is 4.08. The Morgan fingerprint density at radius 1 is 0.935 bits per heavy atom. The van der Waals surface area contributed by atoms with Gasteiger partial charge in [0.2, 0.25) is 0 Å². The maximum Gasteiger partial charge on any atom is 0.185 e. The van der Waals surface area contributed by atoms with Gasteiger partial charge in [-0.25, -0.2) is 0 Å². The summed E-state index contributed by atoms with van der Waals surface area (Å²) in [5.74, 6) is 0.318. The van der Waals surface area contributed by atoms with Gasteiger partial charge < -0.3 is 14.7 Å². The predicted molar refractivity (Wildman–Crippen MR) is 128 cm³/mol. The van der Waals surface area contributed by atoms with Crippen LogP contribution in [0.5, 0.6) is 5.75 Å². The second-order valence-electron chi connectivity index (χ2n) is 10.3. The van der Waals surface area contributed by atoms with Crippen molar-refractivity contribution in [3.05, 3.63) is 64.7 Å². The Morgan fingerprint density at radius 2 is 1.45 bits per heavy atom. The molecule has 0 radical (unpaired) electrons. The molecule has 31 heavy (non-hydrogen) atoms. The first-order valence-electron chi connectivity index (χ1n) is 11.0. The van der Waals surface area contributed by atoms with E-state index in [1.807, 2.05) is 42.5 Å². The van der Waals surface area contributed by atoms with E-state index in [9.17, 15) is 9.90 Å². The molecule has 0 saturated carbocycles. The first-order chi connectivity index (χ1) is 14.5. The van der Waals surface area contributed by atoms with Gasteiger partial charge in [-0.3, -0.25) is 4.79 Å². The van der Waals surface area contributed by atoms with E-state index in [0.717, 1.165) is 48.7 Å². The molecule has 0 amide bonds. The lowest BCUT2D eigenvalue weighted by Gasteiger charge is -2.28. The molecule has 1 heterocycles. The average Bonchev–Trinajstić information content (AvgIpc) is 2.72. The second-order valence-corrected chi connectivity index (χ2v) is 10.3. The number of benzene rings is 2. The average molecular weight is 422 g/mol. The lowest BCUT2D eigenvalue weighted by molar-refractivity contribution is 0.104. The van der Waals surface area contributed by atoms with Crippen LogP contribution in [0, 0.1) is 0 Å². The maximum atomic E-state index is 12.8. The molecule has 0 aliphatic carbocycles. The van der Waals surface area contributed by atoms with Crippen LogP contribution in [0.15, 0.2) is 42.5 Å². The van der Waals surface area contributed by atoms with Crippen molar-refractivity contribution in [1.82, 2.24) is 0 Å². The molecule has 4 nitrogen and oxygen atoms in total. The van der Waals surface area contributed by atoms with E-state index >= 15 is 0 Å². The molecule has 1 aliphatic heterocycles. The Labute approximate surface area is 186 Å². The van der Waals surface area contributed by atoms with Crippen molar-refractivity contribution in [3.63, 3.8) is 0 Å². The summed E-state index contributed by atoms with van der Waals surface area (Å²) < 4.78 is 5.40. The number of hydrogen-bond acceptors (Lipinski definition) is 4. The van der Waals surface area contributed by atoms with Crippen molar-refractivity contribution < 1.29 is 14.6 Å². The predicted octanol–water partition coefficient (Wildman–Crippen LogP) is 5.72. The molecule has 3 rings (SSSR count). The fourth-order valence-corrected chi connectivity index (χ4v) is 3.82. The number of carbonyl (C=O) groups is 1. The van der Waals surface area contributed by atoms with Crippen LogP contribution in [-0.4, -0.2) is 37.2 Å². The third-order valence-electron chi connectivity index (χ3n) is 5.70. The minimum absolute atomic E-state index is 0.0313. The van der Waals surface area contributed by atoms with Gasteiger partial charge in [0.25, 0.3) is 0 Å². The number of morpholine rings is 1. The van der Waals surface area contributed by atoms with E-state index in [1.54, 1.807) is 6.08 Å². The number of rotatable bonds is 4. The second kappa shape index (κ2) is 8.88. The van der Waals surface area contributed by atoms with Gasteiger partial charge >= 0.3 is 0 Å². The van der Waals surface area contributed by atoms with Crippen molar-refractivity contribution in [3.8, 4) is 5.75 Å². The van der Waals surface area contributed by atoms with Crippen LogP contribution in [0.3, 0.4) is 0 Å². The Kier molecular flexibility index (Phi) is 6.61. The first kappa shape index (κ1) is 23.1. The molecule has 2 aromatic rings. The standard InChI is InChI=1S/C27H35NO3/c1-26(2,3)22-17-19(18-23(25(22)30)27(4,5)6)7-12-24(29)20-8-10-21(11-9-20)28-13-15-31-16-14-28/h7-12,17-18,30H,13-16H2,1-6H3/b12-7+. The number of aromatic hydroxyl groups is 1. The number of nitrogens with zero attached hydrogens (tertiary/aromatic N) is 1. The van der Waals surface area contributed by atoms with Crippen LogP contribution in [0.4, 0.5) is 5.69 Å². The Bertz CT molecular complexity index is 918. The molecule has 1 aliphatic rings. The van der Waals surface area contributed by atoms with Crippen molar-refractivity contribution in [1.29, 1.82) is 0 Å². The monoisotopic (exact) mass is 421 g/mol. The van der Waals surface area contributed by atoms with Crippen molar-refractivity contribution >= 4 is 17.5 Å². The molecular formula is C27H35NO3. The minimum atomic E-state index is -0.201. The zero-order chi connectivity index (χ0) is 22.8. The molecule has 4 heteroatoms. The molecular weight excluding hydrogens is 386 g/mol. The Morgan fingerprint density at radius 3 is 1.94 bits per heavy atom. The summed E-state index contributed by atoms with van der Waals surface area (Å²) in [7, 11) is 0. The van der Waals surface area contributed by atoms with E-state index in [0.29, 0.717) is 11.3 Å². The van der Waals surface area contributed by atoms with Gasteiger partial charge in [0.05, 0.1) is 13.2 Å². The highest BCUT2D eigenvalue weighted by molar-refractivity contribution is 6.07. The number of ether oxygens (including phenoxy) is 1. The molecule has 166 valence electrons. The van der Waals surface area contributed by atoms with E-state index in [1.165, 1.54) is 0 Å². The molecule has 0 spiro atoms. The van der Waals surface area contributed by atoms with Gasteiger partial charge in [-0.2, -0.15) is 0 Å². The van der Waals surface area contributed by atoms with E-state index < -0.39 is 0 Å². The Balaban J connectivity index is 1.84. The van der Waals surface area contributed by atoms with Crippen LogP contribution in [0.2, 0.25) is 0 Å². The Hall–Kier alpha value is -2.59. The van der Waals surface area contributed by atoms with Gasteiger partial charge in [0, 0.05) is 35.5 Å². The van der Waals surface area contributed by atoms with Gasteiger partial charge in [-0.05, 0) is 58.9 Å². The third kappa shape index (κ3) is 5.56. The highest BCUT2D eigenvalue weighted by atomic mass is 16.5. The SMILES string of the molecule is CC(C)(C)c1cc(/C=C/C(=O)c2ccc(N3CCOCC3)cc2)cc(C(C)(C)C)c1O. The number of anilines is 1. The molecule has 0 atom stereocenters. The highest BCUT2D eigenvalue weighted by Crippen LogP contribution is 2.40. The molecule has 1 fully saturated rings. The van der Waals surface area contributed by atoms with Crippen molar-refractivity contribution in [2.45, 2.75) is 52.4 Å². The van der Waals surface area contributed by atoms with Crippen LogP contribution in [0.25, 0.3) is 6.08 Å². The van der Waals surface area contributed by atoms with Crippen molar-refractivity contribution in [2.24, 2.45) is 0 Å². The lowest BCUT2D eigenvalue weighted by Crippen LogP contribution is -2.36. The molecule has 0 bridgehead atoms. The summed E-state index contributed by atoms with van der Waals surface area (Å²) in [6, 6.07) is 11.7. The van der Waals surface area contributed by atoms with Crippen molar-refractivity contribution in [2.75, 3.05) is 31.2 Å². The van der Waals surface area contributed by atoms with Gasteiger partial charge in [0.15, 0.2) is 5.78 Å². The van der Waals surface area contributed by atoms with E-state index in [2.05, 4.69) is 46.4 Å². The number of carbonyl (C=O) groups excluding carboxylic acids is 1.